The first kappa shape index (κ1) is 17.9. The van der Waals surface area contributed by atoms with E-state index in [-0.39, 0.29) is 22.3 Å². The highest BCUT2D eigenvalue weighted by atomic mass is 32.2. The number of rotatable bonds is 5. The first-order valence-corrected chi connectivity index (χ1v) is 10.4. The van der Waals surface area contributed by atoms with Gasteiger partial charge in [-0.1, -0.05) is 12.1 Å². The van der Waals surface area contributed by atoms with Crippen molar-refractivity contribution in [2.24, 2.45) is 0 Å². The minimum absolute atomic E-state index is 0.0210. The third-order valence-corrected chi connectivity index (χ3v) is 7.54. The third kappa shape index (κ3) is 4.30. The molecule has 1 heterocycles. The maximum Gasteiger partial charge on any atom is 0.243 e. The molecule has 1 fully saturated rings. The van der Waals surface area contributed by atoms with E-state index >= 15 is 0 Å². The summed E-state index contributed by atoms with van der Waals surface area (Å²) in [4.78, 5) is 11.0. The van der Waals surface area contributed by atoms with E-state index in [0.29, 0.717) is 13.0 Å². The number of hydrogen-bond acceptors (Lipinski definition) is 5. The van der Waals surface area contributed by atoms with Gasteiger partial charge in [-0.3, -0.25) is 4.79 Å². The molecule has 2 rings (SSSR count). The maximum atomic E-state index is 12.6. The SMILES string of the molecule is CC(=O)NCc1ccc(S(=O)(=O)N(C)[C@@H]2CCS(=O)(=O)C2)cc1. The van der Waals surface area contributed by atoms with Gasteiger partial charge in [0.05, 0.1) is 16.4 Å². The van der Waals surface area contributed by atoms with Gasteiger partial charge in [0.1, 0.15) is 0 Å². The Morgan fingerprint density at radius 2 is 1.91 bits per heavy atom. The van der Waals surface area contributed by atoms with Crippen LogP contribution in [0.2, 0.25) is 0 Å². The second-order valence-electron chi connectivity index (χ2n) is 5.63. The lowest BCUT2D eigenvalue weighted by Crippen LogP contribution is -2.37. The van der Waals surface area contributed by atoms with Crippen LogP contribution < -0.4 is 5.32 Å². The molecule has 1 saturated heterocycles. The Kier molecular flexibility index (Phi) is 5.12. The van der Waals surface area contributed by atoms with Crippen LogP contribution in [0.4, 0.5) is 0 Å². The molecule has 0 unspecified atom stereocenters. The van der Waals surface area contributed by atoms with Crippen LogP contribution in [0.15, 0.2) is 29.2 Å². The quantitative estimate of drug-likeness (QED) is 0.804. The minimum Gasteiger partial charge on any atom is -0.352 e. The van der Waals surface area contributed by atoms with Gasteiger partial charge in [0, 0.05) is 26.6 Å². The molecule has 0 radical (unpaired) electrons. The van der Waals surface area contributed by atoms with Gasteiger partial charge in [0.2, 0.25) is 15.9 Å². The zero-order valence-electron chi connectivity index (χ0n) is 13.0. The van der Waals surface area contributed by atoms with E-state index in [9.17, 15) is 21.6 Å². The average molecular weight is 360 g/mol. The van der Waals surface area contributed by atoms with Crippen LogP contribution in [0.1, 0.15) is 18.9 Å². The van der Waals surface area contributed by atoms with Gasteiger partial charge < -0.3 is 5.32 Å². The van der Waals surface area contributed by atoms with Gasteiger partial charge >= 0.3 is 0 Å². The fourth-order valence-electron chi connectivity index (χ4n) is 2.43. The summed E-state index contributed by atoms with van der Waals surface area (Å²) < 4.78 is 49.3. The predicted molar refractivity (Wildman–Crippen MR) is 86.0 cm³/mol. The normalized spacial score (nSPS) is 20.6. The van der Waals surface area contributed by atoms with Crippen molar-refractivity contribution in [3.63, 3.8) is 0 Å². The van der Waals surface area contributed by atoms with Crippen molar-refractivity contribution in [1.29, 1.82) is 0 Å². The molecule has 1 amide bonds. The van der Waals surface area contributed by atoms with Crippen molar-refractivity contribution in [3.8, 4) is 0 Å². The standard InChI is InChI=1S/C14H20N2O5S2/c1-11(17)15-9-12-3-5-14(6-4-12)23(20,21)16(2)13-7-8-22(18,19)10-13/h3-6,13H,7-10H2,1-2H3,(H,15,17)/t13-/m1/s1. The maximum absolute atomic E-state index is 12.6. The zero-order valence-corrected chi connectivity index (χ0v) is 14.7. The van der Waals surface area contributed by atoms with Crippen molar-refractivity contribution < 1.29 is 21.6 Å². The number of carbonyl (C=O) groups excluding carboxylic acids is 1. The molecule has 9 heteroatoms. The van der Waals surface area contributed by atoms with Crippen LogP contribution >= 0.6 is 0 Å². The van der Waals surface area contributed by atoms with Crippen molar-refractivity contribution in [2.75, 3.05) is 18.6 Å². The van der Waals surface area contributed by atoms with Crippen molar-refractivity contribution >= 4 is 25.8 Å². The van der Waals surface area contributed by atoms with Crippen LogP contribution in [0, 0.1) is 0 Å². The van der Waals surface area contributed by atoms with Crippen molar-refractivity contribution in [3.05, 3.63) is 29.8 Å². The predicted octanol–water partition coefficient (Wildman–Crippen LogP) is 0.130. The summed E-state index contributed by atoms with van der Waals surface area (Å²) in [6.07, 6.45) is 0.318. The van der Waals surface area contributed by atoms with Gasteiger partial charge in [-0.15, -0.1) is 0 Å². The number of carbonyl (C=O) groups is 1. The Labute approximate surface area is 136 Å². The van der Waals surface area contributed by atoms with Gasteiger partial charge in [-0.2, -0.15) is 4.31 Å². The molecular formula is C14H20N2O5S2. The Hall–Kier alpha value is -1.45. The number of hydrogen-bond donors (Lipinski definition) is 1. The van der Waals surface area contributed by atoms with E-state index in [1.807, 2.05) is 0 Å². The summed E-state index contributed by atoms with van der Waals surface area (Å²) in [5.41, 5.74) is 0.783. The van der Waals surface area contributed by atoms with Crippen LogP contribution in [-0.4, -0.2) is 51.6 Å². The summed E-state index contributed by atoms with van der Waals surface area (Å²) in [6.45, 7) is 1.73. The van der Waals surface area contributed by atoms with Gasteiger partial charge in [0.25, 0.3) is 0 Å². The Morgan fingerprint density at radius 3 is 2.39 bits per heavy atom. The van der Waals surface area contributed by atoms with Gasteiger partial charge in [0.15, 0.2) is 9.84 Å². The summed E-state index contributed by atoms with van der Waals surface area (Å²) in [7, 11) is -5.48. The molecule has 1 aliphatic heterocycles. The Balaban J connectivity index is 2.14. The summed E-state index contributed by atoms with van der Waals surface area (Å²) in [5.74, 6) is -0.278. The molecule has 0 saturated carbocycles. The van der Waals surface area contributed by atoms with Gasteiger partial charge in [-0.05, 0) is 24.1 Å². The molecule has 0 aromatic heterocycles. The molecule has 128 valence electrons. The van der Waals surface area contributed by atoms with E-state index in [1.165, 1.54) is 26.1 Å². The number of amides is 1. The second kappa shape index (κ2) is 6.58. The Bertz CT molecular complexity index is 785. The van der Waals surface area contributed by atoms with E-state index in [2.05, 4.69) is 5.32 Å². The largest absolute Gasteiger partial charge is 0.352 e. The number of benzene rings is 1. The number of sulfonamides is 1. The van der Waals surface area contributed by atoms with Crippen LogP contribution in [0.25, 0.3) is 0 Å². The summed E-state index contributed by atoms with van der Waals surface area (Å²) in [5, 5.41) is 2.63. The zero-order chi connectivity index (χ0) is 17.3. The van der Waals surface area contributed by atoms with Crippen LogP contribution in [-0.2, 0) is 31.2 Å². The molecule has 0 bridgehead atoms. The Morgan fingerprint density at radius 1 is 1.30 bits per heavy atom. The van der Waals surface area contributed by atoms with Crippen molar-refractivity contribution in [2.45, 2.75) is 30.8 Å². The highest BCUT2D eigenvalue weighted by Gasteiger charge is 2.36. The molecular weight excluding hydrogens is 340 g/mol. The molecule has 0 spiro atoms. The number of nitrogens with one attached hydrogen (secondary N) is 1. The second-order valence-corrected chi connectivity index (χ2v) is 9.86. The molecule has 0 aliphatic carbocycles. The average Bonchev–Trinajstić information content (AvgIpc) is 2.84. The summed E-state index contributed by atoms with van der Waals surface area (Å²) in [6, 6.07) is 5.66. The van der Waals surface area contributed by atoms with Crippen molar-refractivity contribution in [1.82, 2.24) is 9.62 Å². The van der Waals surface area contributed by atoms with E-state index in [4.69, 9.17) is 0 Å². The lowest BCUT2D eigenvalue weighted by Gasteiger charge is -2.22. The topological polar surface area (TPSA) is 101 Å². The lowest BCUT2D eigenvalue weighted by molar-refractivity contribution is -0.119. The summed E-state index contributed by atoms with van der Waals surface area (Å²) >= 11 is 0. The van der Waals surface area contributed by atoms with E-state index < -0.39 is 25.9 Å². The first-order chi connectivity index (χ1) is 10.6. The molecule has 1 aromatic carbocycles. The highest BCUT2D eigenvalue weighted by molar-refractivity contribution is 7.92. The molecule has 1 aromatic rings. The minimum atomic E-state index is -3.74. The molecule has 23 heavy (non-hydrogen) atoms. The monoisotopic (exact) mass is 360 g/mol. The van der Waals surface area contributed by atoms with E-state index in [1.54, 1.807) is 12.1 Å². The van der Waals surface area contributed by atoms with Gasteiger partial charge in [-0.25, -0.2) is 16.8 Å². The van der Waals surface area contributed by atoms with Crippen LogP contribution in [0.5, 0.6) is 0 Å². The molecule has 1 aliphatic rings. The van der Waals surface area contributed by atoms with Crippen LogP contribution in [0.3, 0.4) is 0 Å². The molecule has 1 atom stereocenters. The fraction of sp³-hybridized carbons (Fsp3) is 0.500. The highest BCUT2D eigenvalue weighted by Crippen LogP contribution is 2.23. The molecule has 1 N–H and O–H groups in total. The number of sulfone groups is 1. The molecule has 7 nitrogen and oxygen atoms in total. The third-order valence-electron chi connectivity index (χ3n) is 3.86. The lowest BCUT2D eigenvalue weighted by atomic mass is 10.2. The van der Waals surface area contributed by atoms with E-state index in [0.717, 1.165) is 9.87 Å². The fourth-order valence-corrected chi connectivity index (χ4v) is 5.68. The first-order valence-electron chi connectivity index (χ1n) is 7.14. The smallest absolute Gasteiger partial charge is 0.243 e. The number of nitrogens with zero attached hydrogens (tertiary/aromatic N) is 1.